The van der Waals surface area contributed by atoms with Crippen LogP contribution in [0.5, 0.6) is 5.75 Å². The van der Waals surface area contributed by atoms with Gasteiger partial charge in [-0.1, -0.05) is 29.4 Å². The Balaban J connectivity index is 1.69. The molecule has 6 nitrogen and oxygen atoms in total. The van der Waals surface area contributed by atoms with Crippen molar-refractivity contribution in [2.24, 2.45) is 12.2 Å². The summed E-state index contributed by atoms with van der Waals surface area (Å²) in [6.45, 7) is 0. The van der Waals surface area contributed by atoms with Gasteiger partial charge in [0, 0.05) is 38.6 Å². The molecule has 0 amide bonds. The van der Waals surface area contributed by atoms with Gasteiger partial charge in [0.25, 0.3) is 5.56 Å². The van der Waals surface area contributed by atoms with Gasteiger partial charge in [0.2, 0.25) is 0 Å². The smallest absolute Gasteiger partial charge is 0.263 e. The third-order valence-electron chi connectivity index (χ3n) is 5.01. The zero-order valence-corrected chi connectivity index (χ0v) is 15.5. The van der Waals surface area contributed by atoms with Gasteiger partial charge in [-0.15, -0.1) is 0 Å². The quantitative estimate of drug-likeness (QED) is 0.776. The van der Waals surface area contributed by atoms with E-state index in [1.165, 1.54) is 4.57 Å². The first-order chi connectivity index (χ1) is 13.0. The van der Waals surface area contributed by atoms with Crippen molar-refractivity contribution >= 4 is 22.3 Å². The second-order valence-corrected chi connectivity index (χ2v) is 6.93. The van der Waals surface area contributed by atoms with Crippen molar-refractivity contribution in [2.45, 2.75) is 12.5 Å². The Morgan fingerprint density at radius 1 is 1.15 bits per heavy atom. The summed E-state index contributed by atoms with van der Waals surface area (Å²) in [7, 11) is 5.67. The Labute approximate surface area is 156 Å². The van der Waals surface area contributed by atoms with Gasteiger partial charge < -0.3 is 19.4 Å². The Bertz CT molecular complexity index is 1100. The fourth-order valence-corrected chi connectivity index (χ4v) is 3.43. The van der Waals surface area contributed by atoms with Gasteiger partial charge >= 0.3 is 0 Å². The lowest BCUT2D eigenvalue weighted by Gasteiger charge is -2.14. The van der Waals surface area contributed by atoms with Crippen molar-refractivity contribution in [2.75, 3.05) is 19.0 Å². The van der Waals surface area contributed by atoms with Crippen LogP contribution in [0.4, 0.5) is 5.69 Å². The normalized spacial score (nSPS) is 16.3. The lowest BCUT2D eigenvalue weighted by atomic mass is 9.99. The highest BCUT2D eigenvalue weighted by molar-refractivity contribution is 6.07. The summed E-state index contributed by atoms with van der Waals surface area (Å²) < 4.78 is 1.53. The average molecular weight is 363 g/mol. The number of para-hydroxylation sites is 1. The summed E-state index contributed by atoms with van der Waals surface area (Å²) >= 11 is 0. The monoisotopic (exact) mass is 363 g/mol. The number of anilines is 1. The Kier molecular flexibility index (Phi) is 4.11. The van der Waals surface area contributed by atoms with Gasteiger partial charge in [-0.3, -0.25) is 4.79 Å². The topological polar surface area (TPSA) is 67.1 Å². The van der Waals surface area contributed by atoms with E-state index in [1.54, 1.807) is 13.1 Å². The molecule has 0 aliphatic carbocycles. The minimum atomic E-state index is -0.280. The maximum Gasteiger partial charge on any atom is 0.263 e. The second-order valence-electron chi connectivity index (χ2n) is 6.93. The summed E-state index contributed by atoms with van der Waals surface area (Å²) in [4.78, 5) is 20.4. The minimum absolute atomic E-state index is 0.0420. The van der Waals surface area contributed by atoms with Gasteiger partial charge in [0.05, 0.1) is 5.52 Å². The molecule has 27 heavy (non-hydrogen) atoms. The highest BCUT2D eigenvalue weighted by Gasteiger charge is 2.29. The van der Waals surface area contributed by atoms with Gasteiger partial charge in [-0.25, -0.2) is 0 Å². The molecule has 4 rings (SSSR count). The van der Waals surface area contributed by atoms with E-state index in [1.807, 2.05) is 61.5 Å². The molecule has 0 spiro atoms. The molecule has 1 aromatic heterocycles. The van der Waals surface area contributed by atoms with Gasteiger partial charge in [0.1, 0.15) is 17.0 Å². The molecule has 1 aliphatic heterocycles. The fraction of sp³-hybridized carbons (Fsp3) is 0.238. The maximum absolute atomic E-state index is 12.8. The second kappa shape index (κ2) is 6.46. The minimum Gasteiger partial charge on any atom is -0.506 e. The van der Waals surface area contributed by atoms with Crippen molar-refractivity contribution in [1.29, 1.82) is 0 Å². The molecule has 0 fully saturated rings. The number of benzene rings is 2. The number of nitrogens with zero attached hydrogens (tertiary/aromatic N) is 3. The number of pyridine rings is 1. The van der Waals surface area contributed by atoms with Crippen LogP contribution in [0.25, 0.3) is 10.9 Å². The number of rotatable bonds is 3. The largest absolute Gasteiger partial charge is 0.506 e. The summed E-state index contributed by atoms with van der Waals surface area (Å²) in [6, 6.07) is 15.3. The lowest BCUT2D eigenvalue weighted by molar-refractivity contribution is 0.0857. The predicted octanol–water partition coefficient (Wildman–Crippen LogP) is 3.18. The number of aryl methyl sites for hydroxylation is 1. The van der Waals surface area contributed by atoms with Gasteiger partial charge in [-0.2, -0.15) is 0 Å². The van der Waals surface area contributed by atoms with Crippen LogP contribution in [-0.4, -0.2) is 29.5 Å². The zero-order chi connectivity index (χ0) is 19.1. The molecule has 1 aliphatic rings. The average Bonchev–Trinajstić information content (AvgIpc) is 3.16. The molecule has 0 bridgehead atoms. The van der Waals surface area contributed by atoms with E-state index >= 15 is 0 Å². The molecule has 0 saturated carbocycles. The summed E-state index contributed by atoms with van der Waals surface area (Å²) in [5.41, 5.74) is 3.16. The molecule has 2 heterocycles. The van der Waals surface area contributed by atoms with Crippen molar-refractivity contribution in [3.8, 4) is 5.75 Å². The number of aromatic nitrogens is 1. The Morgan fingerprint density at radius 3 is 2.56 bits per heavy atom. The Hall–Kier alpha value is -3.28. The van der Waals surface area contributed by atoms with Crippen LogP contribution in [0, 0.1) is 0 Å². The van der Waals surface area contributed by atoms with Crippen molar-refractivity contribution in [1.82, 2.24) is 4.57 Å². The van der Waals surface area contributed by atoms with Gasteiger partial charge in [0.15, 0.2) is 6.10 Å². The third kappa shape index (κ3) is 2.83. The number of oxime groups is 1. The predicted molar refractivity (Wildman–Crippen MR) is 107 cm³/mol. The molecule has 0 saturated heterocycles. The first-order valence-corrected chi connectivity index (χ1v) is 8.78. The van der Waals surface area contributed by atoms with E-state index in [-0.39, 0.29) is 23.0 Å². The van der Waals surface area contributed by atoms with E-state index in [0.717, 1.165) is 11.3 Å². The van der Waals surface area contributed by atoms with Crippen LogP contribution < -0.4 is 10.5 Å². The number of hydrogen-bond acceptors (Lipinski definition) is 5. The van der Waals surface area contributed by atoms with Crippen LogP contribution >= 0.6 is 0 Å². The lowest BCUT2D eigenvalue weighted by Crippen LogP contribution is -2.24. The van der Waals surface area contributed by atoms with E-state index < -0.39 is 0 Å². The first kappa shape index (κ1) is 17.1. The molecule has 0 radical (unpaired) electrons. The molecule has 1 atom stereocenters. The number of hydrogen-bond donors (Lipinski definition) is 1. The summed E-state index contributed by atoms with van der Waals surface area (Å²) in [6.07, 6.45) is 0.161. The maximum atomic E-state index is 12.8. The van der Waals surface area contributed by atoms with E-state index in [2.05, 4.69) is 5.16 Å². The van der Waals surface area contributed by atoms with Crippen molar-refractivity contribution < 1.29 is 9.94 Å². The van der Waals surface area contributed by atoms with E-state index in [0.29, 0.717) is 23.0 Å². The van der Waals surface area contributed by atoms with Crippen LogP contribution in [0.15, 0.2) is 58.5 Å². The summed E-state index contributed by atoms with van der Waals surface area (Å²) in [5, 5.41) is 15.5. The fourth-order valence-electron chi connectivity index (χ4n) is 3.43. The first-order valence-electron chi connectivity index (χ1n) is 8.78. The van der Waals surface area contributed by atoms with Crippen LogP contribution in [0.2, 0.25) is 0 Å². The SMILES string of the molecule is CN(C)c1ccc([C@@H]2CC(c3c(O)c4ccccc4n(C)c3=O)=NO2)cc1. The molecule has 2 aromatic carbocycles. The molecular formula is C21H21N3O3. The van der Waals surface area contributed by atoms with Crippen LogP contribution in [0.3, 0.4) is 0 Å². The highest BCUT2D eigenvalue weighted by Crippen LogP contribution is 2.34. The molecule has 3 aromatic rings. The van der Waals surface area contributed by atoms with Crippen LogP contribution in [-0.2, 0) is 11.9 Å². The Morgan fingerprint density at radius 2 is 1.85 bits per heavy atom. The molecule has 0 unspecified atom stereocenters. The number of aromatic hydroxyl groups is 1. The highest BCUT2D eigenvalue weighted by atomic mass is 16.6. The summed E-state index contributed by atoms with van der Waals surface area (Å²) in [5.74, 6) is -0.0420. The standard InChI is InChI=1S/C21H21N3O3/c1-23(2)14-10-8-13(9-11-14)18-12-16(22-27-18)19-20(25)15-6-4-5-7-17(15)24(3)21(19)26/h4-11,18,25H,12H2,1-3H3/t18-/m0/s1. The van der Waals surface area contributed by atoms with E-state index in [9.17, 15) is 9.90 Å². The van der Waals surface area contributed by atoms with Gasteiger partial charge in [-0.05, 0) is 29.8 Å². The van der Waals surface area contributed by atoms with Crippen molar-refractivity contribution in [3.05, 3.63) is 70.0 Å². The molecule has 138 valence electrons. The number of fused-ring (bicyclic) bond motifs is 1. The molecule has 1 N–H and O–H groups in total. The zero-order valence-electron chi connectivity index (χ0n) is 15.5. The molecule has 6 heteroatoms. The van der Waals surface area contributed by atoms with Crippen LogP contribution in [0.1, 0.15) is 23.7 Å². The third-order valence-corrected chi connectivity index (χ3v) is 5.01. The molecular weight excluding hydrogens is 342 g/mol. The van der Waals surface area contributed by atoms with E-state index in [4.69, 9.17) is 4.84 Å². The van der Waals surface area contributed by atoms with Crippen molar-refractivity contribution in [3.63, 3.8) is 0 Å².